The lowest BCUT2D eigenvalue weighted by molar-refractivity contribution is -0.129. The molecule has 0 aromatic heterocycles. The minimum atomic E-state index is -0.486. The summed E-state index contributed by atoms with van der Waals surface area (Å²) in [5, 5.41) is 21.7. The highest BCUT2D eigenvalue weighted by atomic mass is 16.5. The quantitative estimate of drug-likeness (QED) is 0.229. The van der Waals surface area contributed by atoms with E-state index in [0.717, 1.165) is 0 Å². The topological polar surface area (TPSA) is 129 Å². The van der Waals surface area contributed by atoms with Crippen LogP contribution < -0.4 is 20.4 Å². The molecule has 0 aliphatic heterocycles. The van der Waals surface area contributed by atoms with Crippen molar-refractivity contribution >= 4 is 18.0 Å². The smallest absolute Gasteiger partial charge is 0.243 e. The Balaban J connectivity index is 2.55. The molecule has 0 atom stereocenters. The van der Waals surface area contributed by atoms with Crippen molar-refractivity contribution < 1.29 is 29.4 Å². The van der Waals surface area contributed by atoms with Crippen LogP contribution in [-0.2, 0) is 9.59 Å². The van der Waals surface area contributed by atoms with Gasteiger partial charge in [-0.25, -0.2) is 10.9 Å². The zero-order valence-electron chi connectivity index (χ0n) is 13.5. The van der Waals surface area contributed by atoms with Crippen LogP contribution >= 0.6 is 0 Å². The maximum Gasteiger partial charge on any atom is 0.243 e. The Labute approximate surface area is 139 Å². The van der Waals surface area contributed by atoms with Crippen LogP contribution in [0.1, 0.15) is 31.2 Å². The number of unbranched alkanes of at least 4 members (excludes halogenated alkanes) is 1. The van der Waals surface area contributed by atoms with Gasteiger partial charge in [0, 0.05) is 25.0 Å². The number of aromatic hydroxyl groups is 1. The standard InChI is InChI=1S/C15H21N3O6/c1-23-12-7-10(19)8-13(24-2)11(12)9-16-17-14(20)5-3-4-6-15(21)18-22/h7-9,19,22H,3-6H2,1-2H3,(H,17,20)(H,18,21). The first-order valence-corrected chi connectivity index (χ1v) is 7.21. The van der Waals surface area contributed by atoms with Gasteiger partial charge in [0.25, 0.3) is 0 Å². The fourth-order valence-electron chi connectivity index (χ4n) is 1.90. The van der Waals surface area contributed by atoms with Crippen molar-refractivity contribution in [1.29, 1.82) is 0 Å². The molecule has 9 nitrogen and oxygen atoms in total. The van der Waals surface area contributed by atoms with E-state index in [1.807, 2.05) is 0 Å². The number of ether oxygens (including phenoxy) is 2. The molecule has 132 valence electrons. The van der Waals surface area contributed by atoms with E-state index in [9.17, 15) is 14.7 Å². The summed E-state index contributed by atoms with van der Waals surface area (Å²) in [5.41, 5.74) is 4.35. The predicted molar refractivity (Wildman–Crippen MR) is 85.3 cm³/mol. The Morgan fingerprint density at radius 3 is 2.17 bits per heavy atom. The fraction of sp³-hybridized carbons (Fsp3) is 0.400. The minimum absolute atomic E-state index is 0.0169. The molecule has 0 aliphatic rings. The molecule has 0 saturated carbocycles. The SMILES string of the molecule is COc1cc(O)cc(OC)c1C=NNC(=O)CCCCC(=O)NO. The summed E-state index contributed by atoms with van der Waals surface area (Å²) in [6.45, 7) is 0. The average Bonchev–Trinajstić information content (AvgIpc) is 2.58. The number of hydrogen-bond donors (Lipinski definition) is 4. The molecule has 2 amide bonds. The molecule has 1 rings (SSSR count). The van der Waals surface area contributed by atoms with Crippen molar-refractivity contribution in [2.24, 2.45) is 5.10 Å². The second kappa shape index (κ2) is 10.1. The molecule has 0 aliphatic carbocycles. The lowest BCUT2D eigenvalue weighted by Gasteiger charge is -2.10. The molecule has 1 aromatic rings. The lowest BCUT2D eigenvalue weighted by Crippen LogP contribution is -2.19. The fourth-order valence-corrected chi connectivity index (χ4v) is 1.90. The summed E-state index contributed by atoms with van der Waals surface area (Å²) in [5.74, 6) is -0.121. The highest BCUT2D eigenvalue weighted by molar-refractivity contribution is 5.89. The van der Waals surface area contributed by atoms with Gasteiger partial charge in [-0.05, 0) is 12.8 Å². The zero-order chi connectivity index (χ0) is 17.9. The molecule has 1 aromatic carbocycles. The normalized spacial score (nSPS) is 10.5. The molecule has 24 heavy (non-hydrogen) atoms. The number of nitrogens with one attached hydrogen (secondary N) is 2. The van der Waals surface area contributed by atoms with Gasteiger partial charge >= 0.3 is 0 Å². The molecule has 0 fully saturated rings. The molecule has 4 N–H and O–H groups in total. The molecule has 0 bridgehead atoms. The lowest BCUT2D eigenvalue weighted by atomic mass is 10.2. The molecular formula is C15H21N3O6. The number of phenols is 1. The number of methoxy groups -OCH3 is 2. The van der Waals surface area contributed by atoms with E-state index < -0.39 is 5.91 Å². The van der Waals surface area contributed by atoms with Crippen LogP contribution in [0, 0.1) is 0 Å². The molecular weight excluding hydrogens is 318 g/mol. The highest BCUT2D eigenvalue weighted by Gasteiger charge is 2.10. The van der Waals surface area contributed by atoms with Crippen LogP contribution in [0.15, 0.2) is 17.2 Å². The summed E-state index contributed by atoms with van der Waals surface area (Å²) < 4.78 is 10.3. The van der Waals surface area contributed by atoms with E-state index in [-0.39, 0.29) is 24.5 Å². The molecule has 9 heteroatoms. The first-order valence-electron chi connectivity index (χ1n) is 7.21. The molecule has 0 heterocycles. The minimum Gasteiger partial charge on any atom is -0.508 e. The highest BCUT2D eigenvalue weighted by Crippen LogP contribution is 2.31. The number of hydroxylamine groups is 1. The van der Waals surface area contributed by atoms with Crippen molar-refractivity contribution in [3.8, 4) is 17.2 Å². The Kier molecular flexibility index (Phi) is 8.06. The predicted octanol–water partition coefficient (Wildman–Crippen LogP) is 0.925. The van der Waals surface area contributed by atoms with E-state index in [4.69, 9.17) is 14.7 Å². The van der Waals surface area contributed by atoms with Crippen LogP contribution in [-0.4, -0.2) is 42.6 Å². The maximum absolute atomic E-state index is 11.6. The van der Waals surface area contributed by atoms with E-state index in [2.05, 4.69) is 10.5 Å². The number of phenolic OH excluding ortho intramolecular Hbond substituents is 1. The van der Waals surface area contributed by atoms with Crippen LogP contribution in [0.4, 0.5) is 0 Å². The van der Waals surface area contributed by atoms with Gasteiger partial charge in [-0.1, -0.05) is 0 Å². The number of hydrogen-bond acceptors (Lipinski definition) is 7. The Hall–Kier alpha value is -2.81. The number of benzene rings is 1. The van der Waals surface area contributed by atoms with Crippen molar-refractivity contribution in [3.63, 3.8) is 0 Å². The second-order valence-electron chi connectivity index (χ2n) is 4.80. The van der Waals surface area contributed by atoms with Crippen molar-refractivity contribution in [3.05, 3.63) is 17.7 Å². The Bertz CT molecular complexity index is 578. The van der Waals surface area contributed by atoms with Gasteiger partial charge in [0.05, 0.1) is 26.0 Å². The number of carbonyl (C=O) groups excluding carboxylic acids is 2. The third-order valence-electron chi connectivity index (χ3n) is 3.09. The Morgan fingerprint density at radius 2 is 1.67 bits per heavy atom. The number of carbonyl (C=O) groups is 2. The molecule has 0 saturated heterocycles. The number of rotatable bonds is 9. The molecule has 0 spiro atoms. The van der Waals surface area contributed by atoms with Crippen LogP contribution in [0.5, 0.6) is 17.2 Å². The number of hydrazone groups is 1. The van der Waals surface area contributed by atoms with E-state index in [1.54, 1.807) is 0 Å². The summed E-state index contributed by atoms with van der Waals surface area (Å²) in [7, 11) is 2.87. The third kappa shape index (κ3) is 6.13. The van der Waals surface area contributed by atoms with Gasteiger partial charge in [0.1, 0.15) is 17.2 Å². The van der Waals surface area contributed by atoms with Gasteiger partial charge in [0.2, 0.25) is 11.8 Å². The molecule has 0 radical (unpaired) electrons. The van der Waals surface area contributed by atoms with Crippen LogP contribution in [0.25, 0.3) is 0 Å². The van der Waals surface area contributed by atoms with Crippen LogP contribution in [0.3, 0.4) is 0 Å². The second-order valence-corrected chi connectivity index (χ2v) is 4.80. The summed E-state index contributed by atoms with van der Waals surface area (Å²) in [4.78, 5) is 22.4. The van der Waals surface area contributed by atoms with Crippen molar-refractivity contribution in [1.82, 2.24) is 10.9 Å². The monoisotopic (exact) mass is 339 g/mol. The van der Waals surface area contributed by atoms with Crippen LogP contribution in [0.2, 0.25) is 0 Å². The third-order valence-corrected chi connectivity index (χ3v) is 3.09. The van der Waals surface area contributed by atoms with E-state index in [0.29, 0.717) is 29.9 Å². The van der Waals surface area contributed by atoms with Gasteiger partial charge in [-0.15, -0.1) is 0 Å². The molecule has 0 unspecified atom stereocenters. The summed E-state index contributed by atoms with van der Waals surface area (Å²) in [6.07, 6.45) is 2.66. The maximum atomic E-state index is 11.6. The van der Waals surface area contributed by atoms with Gasteiger partial charge < -0.3 is 14.6 Å². The summed E-state index contributed by atoms with van der Waals surface area (Å²) in [6, 6.07) is 2.80. The zero-order valence-corrected chi connectivity index (χ0v) is 13.5. The van der Waals surface area contributed by atoms with E-state index in [1.165, 1.54) is 38.0 Å². The number of nitrogens with zero attached hydrogens (tertiary/aromatic N) is 1. The largest absolute Gasteiger partial charge is 0.508 e. The van der Waals surface area contributed by atoms with Crippen molar-refractivity contribution in [2.75, 3.05) is 14.2 Å². The number of amides is 2. The van der Waals surface area contributed by atoms with E-state index >= 15 is 0 Å². The Morgan fingerprint density at radius 1 is 1.12 bits per heavy atom. The first-order chi connectivity index (χ1) is 11.5. The van der Waals surface area contributed by atoms with Gasteiger partial charge in [-0.3, -0.25) is 14.8 Å². The van der Waals surface area contributed by atoms with Crippen molar-refractivity contribution in [2.45, 2.75) is 25.7 Å². The first kappa shape index (κ1) is 19.2. The summed E-state index contributed by atoms with van der Waals surface area (Å²) >= 11 is 0. The van der Waals surface area contributed by atoms with Gasteiger partial charge in [0.15, 0.2) is 0 Å². The average molecular weight is 339 g/mol. The van der Waals surface area contributed by atoms with Gasteiger partial charge in [-0.2, -0.15) is 5.10 Å².